The van der Waals surface area contributed by atoms with E-state index in [1.165, 1.54) is 12.2 Å². The predicted octanol–water partition coefficient (Wildman–Crippen LogP) is 4.13. The largest absolute Gasteiger partial charge is 0.455 e. The Bertz CT molecular complexity index is 683. The molecule has 1 amide bonds. The van der Waals surface area contributed by atoms with E-state index in [2.05, 4.69) is 31.9 Å². The second kappa shape index (κ2) is 6.58. The van der Waals surface area contributed by atoms with E-state index in [4.69, 9.17) is 21.9 Å². The maximum Gasteiger partial charge on any atom is 0.258 e. The van der Waals surface area contributed by atoms with E-state index in [1.807, 2.05) is 17.6 Å². The van der Waals surface area contributed by atoms with Gasteiger partial charge in [-0.3, -0.25) is 10.2 Å². The van der Waals surface area contributed by atoms with Crippen LogP contribution in [0, 0.1) is 0 Å². The quantitative estimate of drug-likeness (QED) is 0.340. The van der Waals surface area contributed by atoms with E-state index < -0.39 is 5.91 Å². The van der Waals surface area contributed by atoms with Crippen molar-refractivity contribution in [1.29, 1.82) is 0 Å². The van der Waals surface area contributed by atoms with E-state index in [0.717, 1.165) is 14.5 Å². The molecule has 2 rings (SSSR count). The third-order valence-electron chi connectivity index (χ3n) is 2.42. The molecule has 1 aromatic carbocycles. The van der Waals surface area contributed by atoms with Gasteiger partial charge in [0.25, 0.3) is 5.91 Å². The number of furan rings is 1. The molecule has 0 saturated heterocycles. The van der Waals surface area contributed by atoms with Crippen LogP contribution in [0.2, 0.25) is 5.02 Å². The van der Waals surface area contributed by atoms with Crippen molar-refractivity contribution < 1.29 is 9.21 Å². The van der Waals surface area contributed by atoms with Crippen LogP contribution < -0.4 is 11.3 Å². The molecule has 0 aliphatic rings. The molecule has 0 spiro atoms. The lowest BCUT2D eigenvalue weighted by atomic mass is 10.2. The van der Waals surface area contributed by atoms with Crippen LogP contribution in [0.4, 0.5) is 0 Å². The van der Waals surface area contributed by atoms with Crippen molar-refractivity contribution in [3.8, 4) is 11.3 Å². The summed E-state index contributed by atoms with van der Waals surface area (Å²) >= 11 is 12.9. The van der Waals surface area contributed by atoms with E-state index in [9.17, 15) is 4.79 Å². The minimum Gasteiger partial charge on any atom is -0.455 e. The van der Waals surface area contributed by atoms with E-state index >= 15 is 0 Å². The minimum atomic E-state index is -0.416. The van der Waals surface area contributed by atoms with Crippen molar-refractivity contribution in [3.05, 3.63) is 50.1 Å². The smallest absolute Gasteiger partial charge is 0.258 e. The van der Waals surface area contributed by atoms with Crippen molar-refractivity contribution in [3.63, 3.8) is 0 Å². The maximum atomic E-state index is 11.0. The molecule has 0 aliphatic carbocycles. The monoisotopic (exact) mass is 418 g/mol. The number of nitrogens with two attached hydrogens (primary N) is 1. The zero-order chi connectivity index (χ0) is 14.7. The van der Waals surface area contributed by atoms with Crippen LogP contribution in [0.1, 0.15) is 5.76 Å². The first-order valence-corrected chi connectivity index (χ1v) is 7.41. The Kier molecular flexibility index (Phi) is 5.04. The molecule has 7 heteroatoms. The molecule has 0 bridgehead atoms. The van der Waals surface area contributed by atoms with Gasteiger partial charge in [0.1, 0.15) is 11.5 Å². The summed E-state index contributed by atoms with van der Waals surface area (Å²) in [6, 6.07) is 7.24. The number of carbonyl (C=O) groups is 1. The summed E-state index contributed by atoms with van der Waals surface area (Å²) in [6.07, 6.45) is 2.79. The molecule has 0 radical (unpaired) electrons. The average Bonchev–Trinajstić information content (AvgIpc) is 2.77. The first-order chi connectivity index (χ1) is 9.51. The van der Waals surface area contributed by atoms with Gasteiger partial charge in [-0.25, -0.2) is 5.84 Å². The van der Waals surface area contributed by atoms with Gasteiger partial charge in [-0.2, -0.15) is 0 Å². The highest BCUT2D eigenvalue weighted by Crippen LogP contribution is 2.37. The number of hydrogen-bond acceptors (Lipinski definition) is 3. The highest BCUT2D eigenvalue weighted by Gasteiger charge is 2.13. The number of carbonyl (C=O) groups excluding carboxylic acids is 1. The Hall–Kier alpha value is -1.08. The first-order valence-electron chi connectivity index (χ1n) is 5.44. The van der Waals surface area contributed by atoms with Crippen molar-refractivity contribution in [2.75, 3.05) is 0 Å². The van der Waals surface area contributed by atoms with Crippen molar-refractivity contribution in [2.24, 2.45) is 5.84 Å². The summed E-state index contributed by atoms with van der Waals surface area (Å²) in [7, 11) is 0. The van der Waals surface area contributed by atoms with Gasteiger partial charge in [0.15, 0.2) is 0 Å². The number of hydrazine groups is 1. The van der Waals surface area contributed by atoms with Crippen LogP contribution in [0.3, 0.4) is 0 Å². The van der Waals surface area contributed by atoms with Gasteiger partial charge in [0.2, 0.25) is 0 Å². The number of hydrogen-bond donors (Lipinski definition) is 2. The van der Waals surface area contributed by atoms with Crippen LogP contribution in [0.15, 0.2) is 43.7 Å². The summed E-state index contributed by atoms with van der Waals surface area (Å²) in [5.74, 6) is 5.67. The molecule has 0 fully saturated rings. The highest BCUT2D eigenvalue weighted by atomic mass is 79.9. The molecule has 0 saturated carbocycles. The van der Waals surface area contributed by atoms with Gasteiger partial charge in [-0.15, -0.1) is 0 Å². The Morgan fingerprint density at radius 2 is 2.10 bits per heavy atom. The summed E-state index contributed by atoms with van der Waals surface area (Å²) in [4.78, 5) is 11.0. The van der Waals surface area contributed by atoms with E-state index in [0.29, 0.717) is 16.5 Å². The standard InChI is InChI=1S/C13H9Br2ClN2O2/c14-7-1-3-9(11(16)5-7)13-10(15)6-8(20-13)2-4-12(19)18-17/h1-6H,17H2,(H,18,19)/b4-2+. The van der Waals surface area contributed by atoms with Crippen LogP contribution in [-0.2, 0) is 4.79 Å². The highest BCUT2D eigenvalue weighted by molar-refractivity contribution is 9.10. The summed E-state index contributed by atoms with van der Waals surface area (Å²) < 4.78 is 7.29. The zero-order valence-corrected chi connectivity index (χ0v) is 13.9. The van der Waals surface area contributed by atoms with Crippen LogP contribution in [0.5, 0.6) is 0 Å². The molecule has 0 unspecified atom stereocenters. The lowest BCUT2D eigenvalue weighted by Gasteiger charge is -2.02. The molecule has 2 aromatic rings. The molecule has 1 heterocycles. The third-order valence-corrected chi connectivity index (χ3v) is 3.82. The van der Waals surface area contributed by atoms with Crippen LogP contribution >= 0.6 is 43.5 Å². The van der Waals surface area contributed by atoms with Gasteiger partial charge >= 0.3 is 0 Å². The van der Waals surface area contributed by atoms with Crippen molar-refractivity contribution >= 4 is 55.4 Å². The number of benzene rings is 1. The molecule has 3 N–H and O–H groups in total. The molecule has 104 valence electrons. The Morgan fingerprint density at radius 3 is 2.75 bits per heavy atom. The Balaban J connectivity index is 2.36. The van der Waals surface area contributed by atoms with Gasteiger partial charge in [-0.05, 0) is 46.3 Å². The summed E-state index contributed by atoms with van der Waals surface area (Å²) in [5, 5.41) is 0.560. The molecule has 0 aliphatic heterocycles. The van der Waals surface area contributed by atoms with Crippen molar-refractivity contribution in [1.82, 2.24) is 5.43 Å². The first kappa shape index (κ1) is 15.3. The fourth-order valence-electron chi connectivity index (χ4n) is 1.53. The fraction of sp³-hybridized carbons (Fsp3) is 0. The number of amides is 1. The average molecular weight is 420 g/mol. The lowest BCUT2D eigenvalue weighted by Crippen LogP contribution is -2.27. The SMILES string of the molecule is NNC(=O)/C=C/c1cc(Br)c(-c2ccc(Br)cc2Cl)o1. The maximum absolute atomic E-state index is 11.0. The van der Waals surface area contributed by atoms with Gasteiger partial charge in [0, 0.05) is 16.1 Å². The Labute approximate surface area is 137 Å². The number of rotatable bonds is 3. The second-order valence-corrected chi connectivity index (χ2v) is 5.97. The lowest BCUT2D eigenvalue weighted by molar-refractivity contribution is -0.116. The fourth-order valence-corrected chi connectivity index (χ4v) is 2.81. The number of halogens is 3. The molecular weight excluding hydrogens is 411 g/mol. The third kappa shape index (κ3) is 3.52. The molecule has 1 aromatic heterocycles. The van der Waals surface area contributed by atoms with Gasteiger partial charge < -0.3 is 4.42 Å². The molecule has 0 atom stereocenters. The molecule has 20 heavy (non-hydrogen) atoms. The van der Waals surface area contributed by atoms with Crippen molar-refractivity contribution in [2.45, 2.75) is 0 Å². The normalized spacial score (nSPS) is 11.0. The van der Waals surface area contributed by atoms with Gasteiger partial charge in [-0.1, -0.05) is 27.5 Å². The summed E-state index contributed by atoms with van der Waals surface area (Å²) in [5.41, 5.74) is 2.75. The summed E-state index contributed by atoms with van der Waals surface area (Å²) in [6.45, 7) is 0. The van der Waals surface area contributed by atoms with E-state index in [1.54, 1.807) is 12.1 Å². The molecular formula is C13H9Br2ClN2O2. The predicted molar refractivity (Wildman–Crippen MR) is 85.9 cm³/mol. The topological polar surface area (TPSA) is 68.3 Å². The minimum absolute atomic E-state index is 0.416. The second-order valence-electron chi connectivity index (χ2n) is 3.79. The van der Waals surface area contributed by atoms with Gasteiger partial charge in [0.05, 0.1) is 9.50 Å². The Morgan fingerprint density at radius 1 is 1.35 bits per heavy atom. The van der Waals surface area contributed by atoms with Crippen LogP contribution in [0.25, 0.3) is 17.4 Å². The molecule has 4 nitrogen and oxygen atoms in total. The zero-order valence-electron chi connectivity index (χ0n) is 9.99. The van der Waals surface area contributed by atoms with Crippen LogP contribution in [-0.4, -0.2) is 5.91 Å². The number of nitrogens with one attached hydrogen (secondary N) is 1. The van der Waals surface area contributed by atoms with E-state index in [-0.39, 0.29) is 0 Å².